The highest BCUT2D eigenvalue weighted by molar-refractivity contribution is 7.99. The Morgan fingerprint density at radius 1 is 1.03 bits per heavy atom. The zero-order valence-electron chi connectivity index (χ0n) is 18.7. The SMILES string of the molecule is C[C@@H](NC(=O)COc1ccc(/C=N\NC(=O)CSCc2cccc(Cl)c2)cc1)c1ccccc1. The number of amides is 2. The lowest BCUT2D eigenvalue weighted by atomic mass is 10.1. The summed E-state index contributed by atoms with van der Waals surface area (Å²) in [5.74, 6) is 1.18. The van der Waals surface area contributed by atoms with Gasteiger partial charge < -0.3 is 10.1 Å². The number of ether oxygens (including phenoxy) is 1. The van der Waals surface area contributed by atoms with Crippen molar-refractivity contribution in [2.75, 3.05) is 12.4 Å². The van der Waals surface area contributed by atoms with Gasteiger partial charge in [0.2, 0.25) is 5.91 Å². The number of carbonyl (C=O) groups excluding carboxylic acids is 2. The summed E-state index contributed by atoms with van der Waals surface area (Å²) in [5.41, 5.74) is 5.41. The molecule has 0 radical (unpaired) electrons. The lowest BCUT2D eigenvalue weighted by Gasteiger charge is -2.14. The summed E-state index contributed by atoms with van der Waals surface area (Å²) in [6.07, 6.45) is 1.55. The monoisotopic (exact) mass is 495 g/mol. The third kappa shape index (κ3) is 8.92. The Hall–Kier alpha value is -3.29. The highest BCUT2D eigenvalue weighted by Gasteiger charge is 2.09. The largest absolute Gasteiger partial charge is 0.484 e. The summed E-state index contributed by atoms with van der Waals surface area (Å²) in [7, 11) is 0. The average Bonchev–Trinajstić information content (AvgIpc) is 2.84. The number of hydrazone groups is 1. The molecule has 6 nitrogen and oxygen atoms in total. The zero-order valence-corrected chi connectivity index (χ0v) is 20.3. The molecule has 0 saturated heterocycles. The molecule has 0 unspecified atom stereocenters. The summed E-state index contributed by atoms with van der Waals surface area (Å²) in [6.45, 7) is 1.85. The molecule has 0 aliphatic rings. The molecule has 3 aromatic rings. The second kappa shape index (κ2) is 13.4. The van der Waals surface area contributed by atoms with Crippen LogP contribution in [-0.4, -0.2) is 30.4 Å². The first-order chi connectivity index (χ1) is 16.5. The number of rotatable bonds is 11. The zero-order chi connectivity index (χ0) is 24.2. The van der Waals surface area contributed by atoms with Crippen molar-refractivity contribution in [1.82, 2.24) is 10.7 Å². The third-order valence-corrected chi connectivity index (χ3v) is 5.96. The van der Waals surface area contributed by atoms with E-state index in [9.17, 15) is 9.59 Å². The summed E-state index contributed by atoms with van der Waals surface area (Å²) in [5, 5.41) is 7.58. The molecule has 2 amide bonds. The van der Waals surface area contributed by atoms with E-state index in [4.69, 9.17) is 16.3 Å². The molecule has 0 aromatic heterocycles. The minimum Gasteiger partial charge on any atom is -0.484 e. The summed E-state index contributed by atoms with van der Waals surface area (Å²) in [4.78, 5) is 24.1. The number of thioether (sulfide) groups is 1. The average molecular weight is 496 g/mol. The summed E-state index contributed by atoms with van der Waals surface area (Å²) < 4.78 is 5.55. The second-order valence-electron chi connectivity index (χ2n) is 7.47. The van der Waals surface area contributed by atoms with Crippen LogP contribution < -0.4 is 15.5 Å². The minimum absolute atomic E-state index is 0.0759. The molecule has 0 aliphatic heterocycles. The number of nitrogens with one attached hydrogen (secondary N) is 2. The maximum Gasteiger partial charge on any atom is 0.258 e. The van der Waals surface area contributed by atoms with E-state index in [-0.39, 0.29) is 24.5 Å². The molecule has 3 rings (SSSR count). The van der Waals surface area contributed by atoms with Crippen LogP contribution in [0.5, 0.6) is 5.75 Å². The van der Waals surface area contributed by atoms with Crippen molar-refractivity contribution >= 4 is 41.4 Å². The third-order valence-electron chi connectivity index (χ3n) is 4.72. The van der Waals surface area contributed by atoms with Crippen LogP contribution in [0.25, 0.3) is 0 Å². The second-order valence-corrected chi connectivity index (χ2v) is 8.90. The van der Waals surface area contributed by atoms with Crippen LogP contribution in [0.4, 0.5) is 0 Å². The summed E-state index contributed by atoms with van der Waals surface area (Å²) >= 11 is 7.45. The number of nitrogens with zero attached hydrogens (tertiary/aromatic N) is 1. The van der Waals surface area contributed by atoms with Gasteiger partial charge in [-0.3, -0.25) is 9.59 Å². The Morgan fingerprint density at radius 2 is 1.79 bits per heavy atom. The highest BCUT2D eigenvalue weighted by atomic mass is 35.5. The van der Waals surface area contributed by atoms with E-state index >= 15 is 0 Å². The Labute approximate surface area is 208 Å². The molecule has 1 atom stereocenters. The van der Waals surface area contributed by atoms with Gasteiger partial charge in [0.25, 0.3) is 5.91 Å². The van der Waals surface area contributed by atoms with E-state index in [0.717, 1.165) is 16.7 Å². The Balaban J connectivity index is 1.35. The minimum atomic E-state index is -0.196. The molecule has 0 spiro atoms. The fraction of sp³-hybridized carbons (Fsp3) is 0.192. The van der Waals surface area contributed by atoms with Gasteiger partial charge in [-0.2, -0.15) is 5.10 Å². The molecule has 0 aliphatic carbocycles. The lowest BCUT2D eigenvalue weighted by Crippen LogP contribution is -2.31. The lowest BCUT2D eigenvalue weighted by molar-refractivity contribution is -0.123. The van der Waals surface area contributed by atoms with Gasteiger partial charge in [-0.25, -0.2) is 5.43 Å². The van der Waals surface area contributed by atoms with E-state index in [1.54, 1.807) is 30.5 Å². The Bertz CT molecular complexity index is 1110. The molecule has 0 bridgehead atoms. The highest BCUT2D eigenvalue weighted by Crippen LogP contribution is 2.16. The summed E-state index contributed by atoms with van der Waals surface area (Å²) in [6, 6.07) is 24.3. The van der Waals surface area contributed by atoms with Crippen molar-refractivity contribution in [3.63, 3.8) is 0 Å². The van der Waals surface area contributed by atoms with Gasteiger partial charge >= 0.3 is 0 Å². The van der Waals surface area contributed by atoms with Crippen molar-refractivity contribution in [3.8, 4) is 5.75 Å². The van der Waals surface area contributed by atoms with Gasteiger partial charge in [-0.1, -0.05) is 54.1 Å². The van der Waals surface area contributed by atoms with Crippen molar-refractivity contribution < 1.29 is 14.3 Å². The molecular formula is C26H26ClN3O3S. The quantitative estimate of drug-likeness (QED) is 0.290. The molecule has 8 heteroatoms. The van der Waals surface area contributed by atoms with Crippen molar-refractivity contribution in [1.29, 1.82) is 0 Å². The molecule has 0 saturated carbocycles. The molecule has 3 aromatic carbocycles. The maximum absolute atomic E-state index is 12.1. The van der Waals surface area contributed by atoms with E-state index < -0.39 is 0 Å². The van der Waals surface area contributed by atoms with Crippen molar-refractivity contribution in [2.24, 2.45) is 5.10 Å². The van der Waals surface area contributed by atoms with Crippen LogP contribution in [0.15, 0.2) is 84.0 Å². The molecule has 2 N–H and O–H groups in total. The number of benzene rings is 3. The first kappa shape index (κ1) is 25.3. The van der Waals surface area contributed by atoms with Crippen LogP contribution in [-0.2, 0) is 15.3 Å². The van der Waals surface area contributed by atoms with E-state index in [1.165, 1.54) is 11.8 Å². The smallest absolute Gasteiger partial charge is 0.258 e. The van der Waals surface area contributed by atoms with E-state index in [0.29, 0.717) is 22.3 Å². The molecule has 34 heavy (non-hydrogen) atoms. The number of carbonyl (C=O) groups is 2. The van der Waals surface area contributed by atoms with E-state index in [1.807, 2.05) is 61.5 Å². The van der Waals surface area contributed by atoms with Gasteiger partial charge in [0.1, 0.15) is 5.75 Å². The standard InChI is InChI=1S/C26H26ClN3O3S/c1-19(22-7-3-2-4-8-22)29-25(31)16-33-24-12-10-20(11-13-24)15-28-30-26(32)18-34-17-21-6-5-9-23(27)14-21/h2-15,19H,16-18H2,1H3,(H,29,31)(H,30,32)/b28-15-/t19-/m1/s1. The number of hydrogen-bond acceptors (Lipinski definition) is 5. The fourth-order valence-corrected chi connectivity index (χ4v) is 3.99. The Morgan fingerprint density at radius 3 is 2.53 bits per heavy atom. The normalized spacial score (nSPS) is 11.7. The first-order valence-electron chi connectivity index (χ1n) is 10.7. The first-order valence-corrected chi connectivity index (χ1v) is 12.2. The fourth-order valence-electron chi connectivity index (χ4n) is 3.01. The predicted molar refractivity (Wildman–Crippen MR) is 138 cm³/mol. The Kier molecular flexibility index (Phi) is 10.0. The van der Waals surface area contributed by atoms with Gasteiger partial charge in [0, 0.05) is 10.8 Å². The molecule has 0 heterocycles. The molecule has 176 valence electrons. The van der Waals surface area contributed by atoms with Crippen LogP contribution in [0.2, 0.25) is 5.02 Å². The van der Waals surface area contributed by atoms with Gasteiger partial charge in [-0.05, 0) is 60.0 Å². The topological polar surface area (TPSA) is 79.8 Å². The van der Waals surface area contributed by atoms with Crippen LogP contribution >= 0.6 is 23.4 Å². The van der Waals surface area contributed by atoms with Crippen LogP contribution in [0, 0.1) is 0 Å². The van der Waals surface area contributed by atoms with E-state index in [2.05, 4.69) is 15.8 Å². The molecule has 0 fully saturated rings. The maximum atomic E-state index is 12.1. The van der Waals surface area contributed by atoms with Gasteiger partial charge in [-0.15, -0.1) is 11.8 Å². The van der Waals surface area contributed by atoms with Crippen LogP contribution in [0.1, 0.15) is 29.7 Å². The number of halogens is 1. The van der Waals surface area contributed by atoms with Crippen molar-refractivity contribution in [2.45, 2.75) is 18.7 Å². The van der Waals surface area contributed by atoms with Crippen molar-refractivity contribution in [3.05, 3.63) is 101 Å². The predicted octanol–water partition coefficient (Wildman–Crippen LogP) is 4.98. The molecular weight excluding hydrogens is 470 g/mol. The van der Waals surface area contributed by atoms with Gasteiger partial charge in [0.05, 0.1) is 18.0 Å². The van der Waals surface area contributed by atoms with Crippen LogP contribution in [0.3, 0.4) is 0 Å². The number of hydrogen-bond donors (Lipinski definition) is 2. The van der Waals surface area contributed by atoms with Gasteiger partial charge in [0.15, 0.2) is 6.61 Å².